The smallest absolute Gasteiger partial charge is 0.377 e. The van der Waals surface area contributed by atoms with Gasteiger partial charge in [-0.25, -0.2) is 0 Å². The Morgan fingerprint density at radius 3 is 2.69 bits per heavy atom. The molecule has 0 amide bonds. The van der Waals surface area contributed by atoms with Crippen molar-refractivity contribution >= 4 is 13.0 Å². The van der Waals surface area contributed by atoms with Crippen LogP contribution in [0.15, 0.2) is 0 Å². The fraction of sp³-hybridized carbons (Fsp3) is 0.875. The van der Waals surface area contributed by atoms with Crippen LogP contribution in [0.2, 0.25) is 6.82 Å². The number of fused-ring (bicyclic) bond motifs is 2. The third kappa shape index (κ3) is 1.26. The van der Waals surface area contributed by atoms with Gasteiger partial charge < -0.3 is 14.9 Å². The summed E-state index contributed by atoms with van der Waals surface area (Å²) < 4.78 is 0. The molecule has 3 atom stereocenters. The van der Waals surface area contributed by atoms with Gasteiger partial charge in [0.05, 0.1) is 0 Å². The number of nitrogens with zero attached hydrogens (tertiary/aromatic N) is 1. The summed E-state index contributed by atoms with van der Waals surface area (Å²) in [6.45, 7) is 1.65. The fourth-order valence-electron chi connectivity index (χ4n) is 2.89. The molecule has 1 aliphatic carbocycles. The molecule has 13 heavy (non-hydrogen) atoms. The molecule has 72 valence electrons. The number of aliphatic carboxylic acids is 1. The zero-order chi connectivity index (χ0) is 9.59. The summed E-state index contributed by atoms with van der Waals surface area (Å²) >= 11 is 0. The van der Waals surface area contributed by atoms with Crippen LogP contribution >= 0.6 is 0 Å². The summed E-state index contributed by atoms with van der Waals surface area (Å²) in [6, 6.07) is -0.148. The highest BCUT2D eigenvalue weighted by Gasteiger charge is 2.51. The number of hydrogen-bond acceptors (Lipinski definition) is 3. The third-order valence-electron chi connectivity index (χ3n) is 3.32. The number of carboxylic acid groups (broad SMARTS) is 1. The zero-order valence-corrected chi connectivity index (χ0v) is 7.68. The van der Waals surface area contributed by atoms with E-state index in [0.717, 1.165) is 19.3 Å². The normalized spacial score (nSPS) is 38.2. The van der Waals surface area contributed by atoms with Gasteiger partial charge in [0.1, 0.15) is 6.04 Å². The zero-order valence-electron chi connectivity index (χ0n) is 7.68. The number of piperidine rings is 1. The minimum Gasteiger partial charge on any atom is -0.480 e. The number of carbonyl (C=O) groups is 1. The van der Waals surface area contributed by atoms with E-state index in [-0.39, 0.29) is 5.92 Å². The summed E-state index contributed by atoms with van der Waals surface area (Å²) in [5, 5.41) is 18.5. The van der Waals surface area contributed by atoms with Gasteiger partial charge in [-0.15, -0.1) is 0 Å². The van der Waals surface area contributed by atoms with E-state index < -0.39 is 19.1 Å². The highest BCUT2D eigenvalue weighted by molar-refractivity contribution is 6.46. The lowest BCUT2D eigenvalue weighted by Gasteiger charge is -2.33. The summed E-state index contributed by atoms with van der Waals surface area (Å²) in [5.74, 6) is -0.523. The first-order chi connectivity index (χ1) is 6.11. The molecule has 2 bridgehead atoms. The summed E-state index contributed by atoms with van der Waals surface area (Å²) in [7, 11) is -0.628. The van der Waals surface area contributed by atoms with Gasteiger partial charge in [0, 0.05) is 6.04 Å². The van der Waals surface area contributed by atoms with Crippen LogP contribution in [0.25, 0.3) is 0 Å². The highest BCUT2D eigenvalue weighted by atomic mass is 16.4. The van der Waals surface area contributed by atoms with E-state index in [0.29, 0.717) is 6.04 Å². The first-order valence-corrected chi connectivity index (χ1v) is 4.79. The molecule has 2 unspecified atom stereocenters. The van der Waals surface area contributed by atoms with Crippen molar-refractivity contribution in [3.05, 3.63) is 0 Å². The van der Waals surface area contributed by atoms with Gasteiger partial charge in [0.2, 0.25) is 0 Å². The molecule has 1 saturated carbocycles. The monoisotopic (exact) mass is 183 g/mol. The van der Waals surface area contributed by atoms with Crippen LogP contribution in [-0.4, -0.2) is 40.0 Å². The number of carboxylic acids is 1. The summed E-state index contributed by atoms with van der Waals surface area (Å²) in [5.41, 5.74) is 0. The van der Waals surface area contributed by atoms with E-state index in [9.17, 15) is 9.82 Å². The predicted molar refractivity (Wildman–Crippen MR) is 48.2 cm³/mol. The molecule has 2 rings (SSSR count). The van der Waals surface area contributed by atoms with E-state index in [1.54, 1.807) is 11.6 Å². The minimum atomic E-state index is -0.784. The van der Waals surface area contributed by atoms with Crippen molar-refractivity contribution in [1.82, 2.24) is 4.81 Å². The van der Waals surface area contributed by atoms with Crippen LogP contribution in [0, 0.1) is 5.92 Å². The quantitative estimate of drug-likeness (QED) is 0.593. The molecule has 2 N–H and O–H groups in total. The van der Waals surface area contributed by atoms with Gasteiger partial charge in [-0.3, -0.25) is 4.79 Å². The van der Waals surface area contributed by atoms with Gasteiger partial charge in [-0.2, -0.15) is 0 Å². The summed E-state index contributed by atoms with van der Waals surface area (Å²) in [4.78, 5) is 12.7. The first-order valence-electron chi connectivity index (χ1n) is 4.79. The number of rotatable bonds is 2. The standard InChI is InChI=1S/C8H14BNO3/c1-9(13)10-6-3-2-5(4-6)7(10)8(11)12/h5-7,13H,2-4H2,1H3,(H,11,12)/t5?,6?,7-/m0/s1. The molecule has 2 aliphatic rings. The maximum absolute atomic E-state index is 11.0. The number of hydrogen-bond donors (Lipinski definition) is 2. The molecule has 0 radical (unpaired) electrons. The van der Waals surface area contributed by atoms with Gasteiger partial charge in [0.15, 0.2) is 0 Å². The lowest BCUT2D eigenvalue weighted by molar-refractivity contribution is -0.143. The topological polar surface area (TPSA) is 60.8 Å². The van der Waals surface area contributed by atoms with E-state index in [1.807, 2.05) is 0 Å². The predicted octanol–water partition coefficient (Wildman–Crippen LogP) is 0.0342. The fourth-order valence-corrected chi connectivity index (χ4v) is 2.89. The van der Waals surface area contributed by atoms with Crippen LogP contribution in [0.3, 0.4) is 0 Å². The second-order valence-electron chi connectivity index (χ2n) is 4.09. The van der Waals surface area contributed by atoms with Gasteiger partial charge in [-0.05, 0) is 32.0 Å². The van der Waals surface area contributed by atoms with Crippen molar-refractivity contribution in [3.8, 4) is 0 Å². The van der Waals surface area contributed by atoms with E-state index in [2.05, 4.69) is 0 Å². The molecule has 0 aromatic heterocycles. The Morgan fingerprint density at radius 2 is 2.23 bits per heavy atom. The second kappa shape index (κ2) is 2.99. The van der Waals surface area contributed by atoms with Crippen molar-refractivity contribution in [3.63, 3.8) is 0 Å². The highest BCUT2D eigenvalue weighted by Crippen LogP contribution is 2.42. The van der Waals surface area contributed by atoms with E-state index >= 15 is 0 Å². The third-order valence-corrected chi connectivity index (χ3v) is 3.32. The van der Waals surface area contributed by atoms with Crippen molar-refractivity contribution < 1.29 is 14.9 Å². The Balaban J connectivity index is 2.20. The van der Waals surface area contributed by atoms with Crippen LogP contribution in [0.5, 0.6) is 0 Å². The molecule has 1 aliphatic heterocycles. The Labute approximate surface area is 77.7 Å². The van der Waals surface area contributed by atoms with Gasteiger partial charge in [-0.1, -0.05) is 0 Å². The molecular formula is C8H14BNO3. The Morgan fingerprint density at radius 1 is 1.54 bits per heavy atom. The second-order valence-corrected chi connectivity index (χ2v) is 4.09. The molecule has 0 spiro atoms. The Bertz CT molecular complexity index is 233. The first kappa shape index (κ1) is 9.03. The average Bonchev–Trinajstić information content (AvgIpc) is 2.60. The van der Waals surface area contributed by atoms with Gasteiger partial charge >= 0.3 is 13.0 Å². The Hall–Kier alpha value is -0.545. The molecule has 2 fully saturated rings. The average molecular weight is 183 g/mol. The minimum absolute atomic E-state index is 0.261. The molecular weight excluding hydrogens is 169 g/mol. The Kier molecular flexibility index (Phi) is 2.08. The lowest BCUT2D eigenvalue weighted by atomic mass is 9.80. The van der Waals surface area contributed by atoms with Crippen molar-refractivity contribution in [2.75, 3.05) is 0 Å². The van der Waals surface area contributed by atoms with Crippen LogP contribution in [0.1, 0.15) is 19.3 Å². The lowest BCUT2D eigenvalue weighted by Crippen LogP contribution is -2.52. The van der Waals surface area contributed by atoms with Crippen LogP contribution < -0.4 is 0 Å². The SMILES string of the molecule is CB(O)N1C2CCC(C2)[C@H]1C(=O)O. The van der Waals surface area contributed by atoms with Crippen LogP contribution in [-0.2, 0) is 4.79 Å². The van der Waals surface area contributed by atoms with E-state index in [4.69, 9.17) is 5.11 Å². The maximum Gasteiger partial charge on any atom is 0.377 e. The molecule has 5 heteroatoms. The van der Waals surface area contributed by atoms with Crippen molar-refractivity contribution in [1.29, 1.82) is 0 Å². The molecule has 1 heterocycles. The maximum atomic E-state index is 11.0. The largest absolute Gasteiger partial charge is 0.480 e. The summed E-state index contributed by atoms with van der Waals surface area (Å²) in [6.07, 6.45) is 2.99. The van der Waals surface area contributed by atoms with Crippen molar-refractivity contribution in [2.45, 2.75) is 38.2 Å². The van der Waals surface area contributed by atoms with Gasteiger partial charge in [0.25, 0.3) is 0 Å². The molecule has 0 aromatic carbocycles. The van der Waals surface area contributed by atoms with E-state index in [1.165, 1.54) is 0 Å². The molecule has 4 nitrogen and oxygen atoms in total. The van der Waals surface area contributed by atoms with Crippen molar-refractivity contribution in [2.24, 2.45) is 5.92 Å². The molecule has 0 aromatic rings. The van der Waals surface area contributed by atoms with Crippen LogP contribution in [0.4, 0.5) is 0 Å². The molecule has 1 saturated heterocycles.